The van der Waals surface area contributed by atoms with E-state index in [1.54, 1.807) is 36.4 Å². The predicted molar refractivity (Wildman–Crippen MR) is 85.2 cm³/mol. The molecule has 118 valence electrons. The Labute approximate surface area is 134 Å². The standard InChI is InChI=1S/C17H16N2O4/c1-21-14-8-12(9-15(22-2)16(14)23-3)17(20)19-13-6-4-11(10-18)5-7-13/h4-9H,1-3H3,(H,19,20). The molecule has 6 heteroatoms. The Morgan fingerprint density at radius 3 is 2.00 bits per heavy atom. The van der Waals surface area contributed by atoms with Crippen molar-refractivity contribution in [3.8, 4) is 23.3 Å². The summed E-state index contributed by atoms with van der Waals surface area (Å²) in [6.45, 7) is 0. The van der Waals surface area contributed by atoms with Crippen LogP contribution < -0.4 is 19.5 Å². The lowest BCUT2D eigenvalue weighted by molar-refractivity contribution is 0.102. The molecule has 0 aliphatic carbocycles. The summed E-state index contributed by atoms with van der Waals surface area (Å²) >= 11 is 0. The Balaban J connectivity index is 2.29. The molecule has 0 aromatic heterocycles. The molecule has 0 saturated heterocycles. The maximum atomic E-state index is 12.4. The van der Waals surface area contributed by atoms with Gasteiger partial charge in [-0.05, 0) is 36.4 Å². The molecule has 23 heavy (non-hydrogen) atoms. The van der Waals surface area contributed by atoms with Gasteiger partial charge in [-0.25, -0.2) is 0 Å². The Morgan fingerprint density at radius 2 is 1.57 bits per heavy atom. The monoisotopic (exact) mass is 312 g/mol. The Morgan fingerprint density at radius 1 is 1.00 bits per heavy atom. The number of carbonyl (C=O) groups is 1. The first-order chi connectivity index (χ1) is 11.1. The van der Waals surface area contributed by atoms with E-state index >= 15 is 0 Å². The summed E-state index contributed by atoms with van der Waals surface area (Å²) < 4.78 is 15.7. The van der Waals surface area contributed by atoms with Gasteiger partial charge >= 0.3 is 0 Å². The number of hydrogen-bond acceptors (Lipinski definition) is 5. The lowest BCUT2D eigenvalue weighted by atomic mass is 10.1. The zero-order valence-corrected chi connectivity index (χ0v) is 13.0. The van der Waals surface area contributed by atoms with Crippen LogP contribution in [0.15, 0.2) is 36.4 Å². The van der Waals surface area contributed by atoms with Gasteiger partial charge in [-0.3, -0.25) is 4.79 Å². The highest BCUT2D eigenvalue weighted by Crippen LogP contribution is 2.38. The maximum Gasteiger partial charge on any atom is 0.255 e. The highest BCUT2D eigenvalue weighted by Gasteiger charge is 2.17. The lowest BCUT2D eigenvalue weighted by Crippen LogP contribution is -2.12. The van der Waals surface area contributed by atoms with Gasteiger partial charge in [-0.1, -0.05) is 0 Å². The second-order valence-corrected chi connectivity index (χ2v) is 4.56. The molecule has 0 unspecified atom stereocenters. The van der Waals surface area contributed by atoms with Gasteiger partial charge in [0.05, 0.1) is 33.0 Å². The second kappa shape index (κ2) is 7.18. The van der Waals surface area contributed by atoms with Crippen molar-refractivity contribution >= 4 is 11.6 Å². The molecule has 0 saturated carbocycles. The van der Waals surface area contributed by atoms with E-state index in [-0.39, 0.29) is 5.91 Å². The second-order valence-electron chi connectivity index (χ2n) is 4.56. The SMILES string of the molecule is COc1cc(C(=O)Nc2ccc(C#N)cc2)cc(OC)c1OC. The van der Waals surface area contributed by atoms with E-state index in [2.05, 4.69) is 5.32 Å². The highest BCUT2D eigenvalue weighted by atomic mass is 16.5. The quantitative estimate of drug-likeness (QED) is 0.918. The van der Waals surface area contributed by atoms with Crippen LogP contribution in [-0.2, 0) is 0 Å². The summed E-state index contributed by atoms with van der Waals surface area (Å²) in [5.74, 6) is 0.896. The summed E-state index contributed by atoms with van der Waals surface area (Å²) in [6.07, 6.45) is 0. The van der Waals surface area contributed by atoms with E-state index in [9.17, 15) is 4.79 Å². The molecular formula is C17H16N2O4. The molecule has 2 rings (SSSR count). The van der Waals surface area contributed by atoms with Crippen LogP contribution in [0, 0.1) is 11.3 Å². The van der Waals surface area contributed by atoms with Crippen molar-refractivity contribution in [1.82, 2.24) is 0 Å². The van der Waals surface area contributed by atoms with Crippen molar-refractivity contribution in [1.29, 1.82) is 5.26 Å². The topological polar surface area (TPSA) is 80.6 Å². The summed E-state index contributed by atoms with van der Waals surface area (Å²) in [5, 5.41) is 11.5. The van der Waals surface area contributed by atoms with Crippen LogP contribution in [0.3, 0.4) is 0 Å². The Bertz CT molecular complexity index is 723. The van der Waals surface area contributed by atoms with Crippen LogP contribution in [-0.4, -0.2) is 27.2 Å². The molecule has 0 aliphatic rings. The van der Waals surface area contributed by atoms with Gasteiger partial charge in [-0.2, -0.15) is 5.26 Å². The number of benzene rings is 2. The molecule has 0 radical (unpaired) electrons. The molecule has 1 N–H and O–H groups in total. The molecule has 6 nitrogen and oxygen atoms in total. The maximum absolute atomic E-state index is 12.4. The molecule has 0 spiro atoms. The summed E-state index contributed by atoms with van der Waals surface area (Å²) in [7, 11) is 4.47. The number of amides is 1. The zero-order valence-electron chi connectivity index (χ0n) is 13.0. The molecular weight excluding hydrogens is 296 g/mol. The van der Waals surface area contributed by atoms with Gasteiger partial charge in [0.2, 0.25) is 5.75 Å². The Kier molecular flexibility index (Phi) is 5.05. The summed E-state index contributed by atoms with van der Waals surface area (Å²) in [5.41, 5.74) is 1.47. The normalized spacial score (nSPS) is 9.65. The lowest BCUT2D eigenvalue weighted by Gasteiger charge is -2.14. The zero-order chi connectivity index (χ0) is 16.8. The average molecular weight is 312 g/mol. The van der Waals surface area contributed by atoms with Gasteiger partial charge in [-0.15, -0.1) is 0 Å². The van der Waals surface area contributed by atoms with Crippen LogP contribution in [0.1, 0.15) is 15.9 Å². The van der Waals surface area contributed by atoms with Crippen LogP contribution in [0.25, 0.3) is 0 Å². The fourth-order valence-electron chi connectivity index (χ4n) is 2.04. The fourth-order valence-corrected chi connectivity index (χ4v) is 2.04. The van der Waals surface area contributed by atoms with Gasteiger partial charge in [0.15, 0.2) is 11.5 Å². The number of ether oxygens (including phenoxy) is 3. The van der Waals surface area contributed by atoms with Crippen molar-refractivity contribution < 1.29 is 19.0 Å². The molecule has 0 bridgehead atoms. The molecule has 0 atom stereocenters. The first kappa shape index (κ1) is 16.2. The molecule has 0 aliphatic heterocycles. The predicted octanol–water partition coefficient (Wildman–Crippen LogP) is 2.84. The summed E-state index contributed by atoms with van der Waals surface area (Å²) in [6, 6.07) is 11.7. The molecule has 0 heterocycles. The van der Waals surface area contributed by atoms with Crippen LogP contribution in [0.5, 0.6) is 17.2 Å². The number of hydrogen-bond donors (Lipinski definition) is 1. The third kappa shape index (κ3) is 3.52. The minimum absolute atomic E-state index is 0.325. The van der Waals surface area contributed by atoms with Crippen molar-refractivity contribution in [2.24, 2.45) is 0 Å². The van der Waals surface area contributed by atoms with E-state index in [1.807, 2.05) is 6.07 Å². The number of nitrogens with zero attached hydrogens (tertiary/aromatic N) is 1. The van der Waals surface area contributed by atoms with Crippen molar-refractivity contribution in [3.05, 3.63) is 47.5 Å². The molecule has 2 aromatic rings. The van der Waals surface area contributed by atoms with E-state index < -0.39 is 0 Å². The number of methoxy groups -OCH3 is 3. The van der Waals surface area contributed by atoms with Gasteiger partial charge in [0.1, 0.15) is 0 Å². The number of anilines is 1. The first-order valence-corrected chi connectivity index (χ1v) is 6.74. The van der Waals surface area contributed by atoms with Crippen LogP contribution in [0.4, 0.5) is 5.69 Å². The number of nitrogens with one attached hydrogen (secondary N) is 1. The van der Waals surface area contributed by atoms with Crippen LogP contribution in [0.2, 0.25) is 0 Å². The summed E-state index contributed by atoms with van der Waals surface area (Å²) in [4.78, 5) is 12.4. The van der Waals surface area contributed by atoms with Gasteiger partial charge in [0, 0.05) is 11.3 Å². The molecule has 2 aromatic carbocycles. The van der Waals surface area contributed by atoms with Crippen molar-refractivity contribution in [2.75, 3.05) is 26.6 Å². The minimum Gasteiger partial charge on any atom is -0.493 e. The molecule has 1 amide bonds. The third-order valence-electron chi connectivity index (χ3n) is 3.20. The average Bonchev–Trinajstić information content (AvgIpc) is 2.60. The number of carbonyl (C=O) groups excluding carboxylic acids is 1. The highest BCUT2D eigenvalue weighted by molar-refractivity contribution is 6.05. The van der Waals surface area contributed by atoms with Crippen molar-refractivity contribution in [2.45, 2.75) is 0 Å². The van der Waals surface area contributed by atoms with Gasteiger partial charge in [0.25, 0.3) is 5.91 Å². The van der Waals surface area contributed by atoms with Crippen LogP contribution >= 0.6 is 0 Å². The largest absolute Gasteiger partial charge is 0.493 e. The molecule has 0 fully saturated rings. The van der Waals surface area contributed by atoms with E-state index in [1.165, 1.54) is 21.3 Å². The van der Waals surface area contributed by atoms with E-state index in [4.69, 9.17) is 19.5 Å². The fraction of sp³-hybridized carbons (Fsp3) is 0.176. The third-order valence-corrected chi connectivity index (χ3v) is 3.20. The van der Waals surface area contributed by atoms with E-state index in [0.29, 0.717) is 34.1 Å². The van der Waals surface area contributed by atoms with E-state index in [0.717, 1.165) is 0 Å². The number of nitriles is 1. The number of rotatable bonds is 5. The minimum atomic E-state index is -0.325. The van der Waals surface area contributed by atoms with Crippen molar-refractivity contribution in [3.63, 3.8) is 0 Å². The Hall–Kier alpha value is -3.20. The van der Waals surface area contributed by atoms with Gasteiger partial charge < -0.3 is 19.5 Å². The first-order valence-electron chi connectivity index (χ1n) is 6.74. The smallest absolute Gasteiger partial charge is 0.255 e.